The summed E-state index contributed by atoms with van der Waals surface area (Å²) in [5, 5.41) is 2.89. The van der Waals surface area contributed by atoms with Gasteiger partial charge in [-0.1, -0.05) is 41.9 Å². The van der Waals surface area contributed by atoms with Crippen LogP contribution < -0.4 is 27.4 Å². The first-order chi connectivity index (χ1) is 15.2. The quantitative estimate of drug-likeness (QED) is 0.138. The van der Waals surface area contributed by atoms with Gasteiger partial charge >= 0.3 is 0 Å². The van der Waals surface area contributed by atoms with Gasteiger partial charge in [-0.2, -0.15) is 0 Å². The topological polar surface area (TPSA) is 157 Å². The summed E-state index contributed by atoms with van der Waals surface area (Å²) in [6, 6.07) is 12.6. The van der Waals surface area contributed by atoms with Crippen molar-refractivity contribution in [1.82, 2.24) is 5.32 Å². The summed E-state index contributed by atoms with van der Waals surface area (Å²) < 4.78 is 0. The molecule has 0 spiro atoms. The number of nitrogens with two attached hydrogens (primary N) is 3. The Bertz CT molecular complexity index is 1000. The molecule has 1 atom stereocenters. The largest absolute Gasteiger partial charge is 0.370 e. The van der Waals surface area contributed by atoms with E-state index in [2.05, 4.69) is 10.3 Å². The normalized spacial score (nSPS) is 10.7. The molecule has 186 valence electrons. The zero-order chi connectivity index (χ0) is 23.7. The first-order valence-corrected chi connectivity index (χ1v) is 10.3. The van der Waals surface area contributed by atoms with Crippen LogP contribution in [0.5, 0.6) is 0 Å². The first kappa shape index (κ1) is 31.5. The molecular formula is C22H29Br2ClN6O3. The smallest absolute Gasteiger partial charge is 0.246 e. The van der Waals surface area contributed by atoms with Crippen LogP contribution in [0.1, 0.15) is 28.8 Å². The van der Waals surface area contributed by atoms with Crippen molar-refractivity contribution in [1.29, 1.82) is 0 Å². The average molecular weight is 621 g/mol. The van der Waals surface area contributed by atoms with Crippen LogP contribution in [0, 0.1) is 0 Å². The van der Waals surface area contributed by atoms with Gasteiger partial charge in [0.15, 0.2) is 11.7 Å². The Morgan fingerprint density at radius 3 is 2.35 bits per heavy atom. The lowest BCUT2D eigenvalue weighted by molar-refractivity contribution is -0.125. The number of halogens is 3. The second kappa shape index (κ2) is 15.4. The molecule has 0 aliphatic rings. The summed E-state index contributed by atoms with van der Waals surface area (Å²) in [7, 11) is 1.52. The van der Waals surface area contributed by atoms with E-state index in [1.165, 1.54) is 18.0 Å². The number of anilines is 1. The van der Waals surface area contributed by atoms with Gasteiger partial charge in [0.1, 0.15) is 0 Å². The van der Waals surface area contributed by atoms with Crippen molar-refractivity contribution in [3.63, 3.8) is 0 Å². The van der Waals surface area contributed by atoms with Crippen LogP contribution in [-0.4, -0.2) is 49.7 Å². The SMILES string of the molecule is Br.Br.CN(C(=O)CNC(=O)[C@@H](N)CCCN=C(N)N)c1ccc(Cl)cc1C(=O)c1ccccc1. The van der Waals surface area contributed by atoms with Crippen LogP contribution in [0.25, 0.3) is 0 Å². The molecule has 0 radical (unpaired) electrons. The van der Waals surface area contributed by atoms with Gasteiger partial charge < -0.3 is 27.4 Å². The summed E-state index contributed by atoms with van der Waals surface area (Å²) >= 11 is 6.09. The number of hydrogen-bond donors (Lipinski definition) is 4. The van der Waals surface area contributed by atoms with Crippen molar-refractivity contribution in [2.45, 2.75) is 18.9 Å². The Balaban J connectivity index is 0.00000544. The number of nitrogens with one attached hydrogen (secondary N) is 1. The second-order valence-corrected chi connectivity index (χ2v) is 7.52. The molecule has 12 heteroatoms. The molecular weight excluding hydrogens is 592 g/mol. The Hall–Kier alpha value is -2.47. The van der Waals surface area contributed by atoms with Crippen LogP contribution in [0.2, 0.25) is 5.02 Å². The molecule has 2 rings (SSSR count). The number of nitrogens with zero attached hydrogens (tertiary/aromatic N) is 2. The molecule has 0 unspecified atom stereocenters. The molecule has 0 aliphatic carbocycles. The van der Waals surface area contributed by atoms with Crippen LogP contribution in [0.3, 0.4) is 0 Å². The maximum absolute atomic E-state index is 13.0. The highest BCUT2D eigenvalue weighted by atomic mass is 79.9. The van der Waals surface area contributed by atoms with E-state index in [1.807, 2.05) is 0 Å². The van der Waals surface area contributed by atoms with Crippen molar-refractivity contribution in [2.75, 3.05) is 25.0 Å². The van der Waals surface area contributed by atoms with Crippen LogP contribution in [0.4, 0.5) is 5.69 Å². The van der Waals surface area contributed by atoms with Crippen LogP contribution in [-0.2, 0) is 9.59 Å². The zero-order valence-electron chi connectivity index (χ0n) is 18.6. The Morgan fingerprint density at radius 2 is 1.74 bits per heavy atom. The molecule has 2 aromatic rings. The fourth-order valence-electron chi connectivity index (χ4n) is 2.92. The first-order valence-electron chi connectivity index (χ1n) is 9.95. The van der Waals surface area contributed by atoms with Crippen molar-refractivity contribution < 1.29 is 14.4 Å². The number of carbonyl (C=O) groups is 3. The lowest BCUT2D eigenvalue weighted by atomic mass is 10.0. The molecule has 0 bridgehead atoms. The number of likely N-dealkylation sites (N-methyl/N-ethyl adjacent to an activating group) is 1. The minimum absolute atomic E-state index is 0. The van der Waals surface area contributed by atoms with Crippen molar-refractivity contribution in [3.8, 4) is 0 Å². The maximum atomic E-state index is 13.0. The summed E-state index contributed by atoms with van der Waals surface area (Å²) in [4.78, 5) is 42.9. The molecule has 0 heterocycles. The van der Waals surface area contributed by atoms with E-state index in [9.17, 15) is 14.4 Å². The van der Waals surface area contributed by atoms with E-state index in [-0.39, 0.29) is 57.8 Å². The predicted octanol–water partition coefficient (Wildman–Crippen LogP) is 2.19. The number of benzene rings is 2. The molecule has 0 aromatic heterocycles. The van der Waals surface area contributed by atoms with Crippen molar-refractivity contribution in [2.24, 2.45) is 22.2 Å². The number of amides is 2. The molecule has 0 fully saturated rings. The van der Waals surface area contributed by atoms with Gasteiger partial charge in [-0.25, -0.2) is 0 Å². The third-order valence-electron chi connectivity index (χ3n) is 4.69. The molecule has 0 saturated heterocycles. The van der Waals surface area contributed by atoms with Gasteiger partial charge in [-0.3, -0.25) is 19.4 Å². The molecule has 0 saturated carbocycles. The fourth-order valence-corrected chi connectivity index (χ4v) is 3.10. The lowest BCUT2D eigenvalue weighted by Crippen LogP contribution is -2.45. The summed E-state index contributed by atoms with van der Waals surface area (Å²) in [5.74, 6) is -1.18. The fraction of sp³-hybridized carbons (Fsp3) is 0.273. The van der Waals surface area contributed by atoms with E-state index in [1.54, 1.807) is 42.5 Å². The van der Waals surface area contributed by atoms with E-state index in [0.717, 1.165) is 0 Å². The van der Waals surface area contributed by atoms with Crippen molar-refractivity contribution >= 4 is 74.8 Å². The minimum atomic E-state index is -0.798. The van der Waals surface area contributed by atoms with Gasteiger partial charge in [-0.05, 0) is 31.0 Å². The number of guanidine groups is 1. The molecule has 34 heavy (non-hydrogen) atoms. The van der Waals surface area contributed by atoms with Gasteiger partial charge in [0.05, 0.1) is 18.3 Å². The number of ketones is 1. The zero-order valence-corrected chi connectivity index (χ0v) is 22.8. The lowest BCUT2D eigenvalue weighted by Gasteiger charge is -2.21. The third-order valence-corrected chi connectivity index (χ3v) is 4.93. The summed E-state index contributed by atoms with van der Waals surface area (Å²) in [5.41, 5.74) is 17.5. The highest BCUT2D eigenvalue weighted by Gasteiger charge is 2.21. The number of hydrogen-bond acceptors (Lipinski definition) is 5. The Morgan fingerprint density at radius 1 is 1.09 bits per heavy atom. The summed E-state index contributed by atoms with van der Waals surface area (Å²) in [6.45, 7) is 0.0816. The molecule has 9 nitrogen and oxygen atoms in total. The number of rotatable bonds is 10. The second-order valence-electron chi connectivity index (χ2n) is 7.08. The number of aliphatic imine (C=N–C) groups is 1. The maximum Gasteiger partial charge on any atom is 0.246 e. The van der Waals surface area contributed by atoms with E-state index < -0.39 is 17.9 Å². The van der Waals surface area contributed by atoms with E-state index in [0.29, 0.717) is 35.7 Å². The number of carbonyl (C=O) groups excluding carboxylic acids is 3. The van der Waals surface area contributed by atoms with Gasteiger partial charge in [0, 0.05) is 29.7 Å². The standard InChI is InChI=1S/C22H27ClN6O3.2BrH/c1-29(19(30)13-28-21(32)17(24)8-5-11-27-22(25)26)18-10-9-15(23)12-16(18)20(31)14-6-3-2-4-7-14;;/h2-4,6-7,9-10,12,17H,5,8,11,13,24H2,1H3,(H,28,32)(H4,25,26,27);2*1H/t17-;;/m0../s1. The van der Waals surface area contributed by atoms with Gasteiger partial charge in [-0.15, -0.1) is 34.0 Å². The average Bonchev–Trinajstić information content (AvgIpc) is 2.79. The Labute approximate surface area is 224 Å². The van der Waals surface area contributed by atoms with Crippen molar-refractivity contribution in [3.05, 3.63) is 64.7 Å². The molecule has 2 aromatic carbocycles. The third kappa shape index (κ3) is 9.41. The molecule has 7 N–H and O–H groups in total. The van der Waals surface area contributed by atoms with E-state index in [4.69, 9.17) is 28.8 Å². The molecule has 0 aliphatic heterocycles. The Kier molecular flexibility index (Phi) is 14.3. The van der Waals surface area contributed by atoms with Gasteiger partial charge in [0.2, 0.25) is 11.8 Å². The summed E-state index contributed by atoms with van der Waals surface area (Å²) in [6.07, 6.45) is 0.885. The predicted molar refractivity (Wildman–Crippen MR) is 146 cm³/mol. The van der Waals surface area contributed by atoms with Gasteiger partial charge in [0.25, 0.3) is 0 Å². The minimum Gasteiger partial charge on any atom is -0.370 e. The highest BCUT2D eigenvalue weighted by molar-refractivity contribution is 8.93. The highest BCUT2D eigenvalue weighted by Crippen LogP contribution is 2.26. The molecule has 2 amide bonds. The van der Waals surface area contributed by atoms with E-state index >= 15 is 0 Å². The van der Waals surface area contributed by atoms with Crippen LogP contribution in [0.15, 0.2) is 53.5 Å². The monoisotopic (exact) mass is 618 g/mol. The van der Waals surface area contributed by atoms with Crippen LogP contribution >= 0.6 is 45.6 Å².